The van der Waals surface area contributed by atoms with Gasteiger partial charge in [0.05, 0.1) is 35.8 Å². The predicted molar refractivity (Wildman–Crippen MR) is 108 cm³/mol. The zero-order chi connectivity index (χ0) is 19.8. The zero-order valence-corrected chi connectivity index (χ0v) is 15.9. The number of aromatic nitrogens is 4. The Morgan fingerprint density at radius 3 is 2.90 bits per heavy atom. The molecule has 0 saturated carbocycles. The van der Waals surface area contributed by atoms with E-state index in [1.165, 1.54) is 0 Å². The van der Waals surface area contributed by atoms with Gasteiger partial charge in [-0.1, -0.05) is 6.42 Å². The van der Waals surface area contributed by atoms with E-state index in [9.17, 15) is 9.50 Å². The van der Waals surface area contributed by atoms with E-state index in [1.807, 2.05) is 22.9 Å². The summed E-state index contributed by atoms with van der Waals surface area (Å²) in [6.45, 7) is 0. The number of benzene rings is 1. The number of hydrogen-bond acceptors (Lipinski definition) is 5. The van der Waals surface area contributed by atoms with Gasteiger partial charge in [-0.25, -0.2) is 9.37 Å². The maximum atomic E-state index is 14.7. The molecule has 6 nitrogen and oxygen atoms in total. The molecule has 148 valence electrons. The van der Waals surface area contributed by atoms with Gasteiger partial charge < -0.3 is 15.0 Å². The molecule has 0 radical (unpaired) electrons. The van der Waals surface area contributed by atoms with Crippen molar-refractivity contribution in [2.75, 3.05) is 0 Å². The summed E-state index contributed by atoms with van der Waals surface area (Å²) in [5.74, 6) is 0.117. The summed E-state index contributed by atoms with van der Waals surface area (Å²) in [6, 6.07) is 5.64. The van der Waals surface area contributed by atoms with Crippen LogP contribution in [0.5, 0.6) is 5.75 Å². The highest BCUT2D eigenvalue weighted by Crippen LogP contribution is 2.33. The van der Waals surface area contributed by atoms with Crippen LogP contribution in [0, 0.1) is 0 Å². The summed E-state index contributed by atoms with van der Waals surface area (Å²) in [4.78, 5) is 12.9. The third kappa shape index (κ3) is 3.53. The van der Waals surface area contributed by atoms with E-state index < -0.39 is 6.17 Å². The summed E-state index contributed by atoms with van der Waals surface area (Å²) >= 11 is 0. The molecular formula is C22H22FN5O. The quantitative estimate of drug-likeness (QED) is 0.713. The molecule has 2 unspecified atom stereocenters. The van der Waals surface area contributed by atoms with Crippen LogP contribution in [0.2, 0.25) is 0 Å². The van der Waals surface area contributed by atoms with Gasteiger partial charge in [-0.2, -0.15) is 0 Å². The second-order valence-corrected chi connectivity index (χ2v) is 7.72. The summed E-state index contributed by atoms with van der Waals surface area (Å²) in [5.41, 5.74) is 3.42. The first-order valence-electron chi connectivity index (χ1n) is 9.92. The molecule has 4 heterocycles. The van der Waals surface area contributed by atoms with Gasteiger partial charge in [-0.3, -0.25) is 9.97 Å². The van der Waals surface area contributed by atoms with E-state index in [-0.39, 0.29) is 11.8 Å². The van der Waals surface area contributed by atoms with E-state index >= 15 is 0 Å². The van der Waals surface area contributed by atoms with Crippen molar-refractivity contribution in [1.82, 2.24) is 24.8 Å². The maximum Gasteiger partial charge on any atom is 0.137 e. The molecule has 29 heavy (non-hydrogen) atoms. The zero-order valence-electron chi connectivity index (χ0n) is 15.9. The summed E-state index contributed by atoms with van der Waals surface area (Å²) < 4.78 is 16.6. The van der Waals surface area contributed by atoms with E-state index in [0.29, 0.717) is 23.0 Å². The van der Waals surface area contributed by atoms with Crippen LogP contribution in [0.15, 0.2) is 54.9 Å². The van der Waals surface area contributed by atoms with Gasteiger partial charge in [0.25, 0.3) is 0 Å². The van der Waals surface area contributed by atoms with Crippen LogP contribution in [0.25, 0.3) is 23.0 Å². The van der Waals surface area contributed by atoms with Gasteiger partial charge in [0.2, 0.25) is 0 Å². The van der Waals surface area contributed by atoms with Gasteiger partial charge in [0, 0.05) is 36.1 Å². The fraction of sp³-hybridized carbons (Fsp3) is 0.318. The third-order valence-electron chi connectivity index (χ3n) is 5.77. The Bertz CT molecular complexity index is 1030. The number of nitrogens with one attached hydrogen (secondary N) is 1. The molecule has 0 aliphatic carbocycles. The number of alkyl halides is 1. The molecular weight excluding hydrogens is 369 g/mol. The highest BCUT2D eigenvalue weighted by atomic mass is 19.1. The Labute approximate surface area is 168 Å². The van der Waals surface area contributed by atoms with Gasteiger partial charge in [0.1, 0.15) is 11.9 Å². The number of nitrogens with zero attached hydrogens (tertiary/aromatic N) is 4. The van der Waals surface area contributed by atoms with E-state index in [1.54, 1.807) is 37.1 Å². The van der Waals surface area contributed by atoms with Crippen LogP contribution in [-0.4, -0.2) is 42.9 Å². The van der Waals surface area contributed by atoms with E-state index in [4.69, 9.17) is 0 Å². The average molecular weight is 391 g/mol. The maximum absolute atomic E-state index is 14.7. The fourth-order valence-corrected chi connectivity index (χ4v) is 4.29. The molecule has 0 amide bonds. The molecule has 2 N–H and O–H groups in total. The van der Waals surface area contributed by atoms with Crippen LogP contribution < -0.4 is 5.32 Å². The molecule has 3 aromatic rings. The summed E-state index contributed by atoms with van der Waals surface area (Å²) in [6.07, 6.45) is 13.1. The first kappa shape index (κ1) is 18.0. The molecule has 2 fully saturated rings. The number of rotatable bonds is 3. The normalized spacial score (nSPS) is 25.3. The molecule has 7 heteroatoms. The van der Waals surface area contributed by atoms with Crippen molar-refractivity contribution in [3.05, 3.63) is 60.6 Å². The average Bonchev–Trinajstić information content (AvgIpc) is 3.28. The largest absolute Gasteiger partial charge is 0.507 e. The monoisotopic (exact) mass is 391 g/mol. The number of phenolic OH excluding ortho intramolecular Hbond substituents is 1. The summed E-state index contributed by atoms with van der Waals surface area (Å²) in [5, 5.41) is 13.8. The van der Waals surface area contributed by atoms with Crippen molar-refractivity contribution in [3.8, 4) is 22.7 Å². The van der Waals surface area contributed by atoms with Crippen molar-refractivity contribution in [2.45, 2.75) is 43.9 Å². The van der Waals surface area contributed by atoms with Crippen molar-refractivity contribution < 1.29 is 9.50 Å². The number of aromatic hydroxyl groups is 1. The molecule has 3 atom stereocenters. The highest BCUT2D eigenvalue weighted by molar-refractivity contribution is 5.68. The Kier molecular flexibility index (Phi) is 4.60. The number of halogens is 1. The minimum absolute atomic E-state index is 0.0769. The predicted octanol–water partition coefficient (Wildman–Crippen LogP) is 3.67. The first-order chi connectivity index (χ1) is 14.2. The molecule has 2 bridgehead atoms. The number of phenols is 1. The van der Waals surface area contributed by atoms with E-state index in [0.717, 1.165) is 36.9 Å². The molecule has 2 saturated heterocycles. The van der Waals surface area contributed by atoms with Crippen LogP contribution in [0.3, 0.4) is 0 Å². The highest BCUT2D eigenvalue weighted by Gasteiger charge is 2.36. The molecule has 2 aliphatic rings. The first-order valence-corrected chi connectivity index (χ1v) is 9.92. The third-order valence-corrected chi connectivity index (χ3v) is 5.77. The molecule has 1 aromatic carbocycles. The van der Waals surface area contributed by atoms with Crippen LogP contribution in [-0.2, 0) is 0 Å². The Morgan fingerprint density at radius 2 is 2.14 bits per heavy atom. The van der Waals surface area contributed by atoms with Crippen LogP contribution in [0.1, 0.15) is 31.4 Å². The van der Waals surface area contributed by atoms with Crippen molar-refractivity contribution >= 4 is 6.08 Å². The lowest BCUT2D eigenvalue weighted by Gasteiger charge is -2.39. The second-order valence-electron chi connectivity index (χ2n) is 7.72. The van der Waals surface area contributed by atoms with Crippen molar-refractivity contribution in [2.24, 2.45) is 0 Å². The minimum Gasteiger partial charge on any atom is -0.507 e. The van der Waals surface area contributed by atoms with Gasteiger partial charge >= 0.3 is 0 Å². The minimum atomic E-state index is -0.965. The van der Waals surface area contributed by atoms with Gasteiger partial charge in [-0.05, 0) is 43.0 Å². The number of imidazole rings is 1. The summed E-state index contributed by atoms with van der Waals surface area (Å²) in [7, 11) is 0. The molecule has 5 rings (SSSR count). The lowest BCUT2D eigenvalue weighted by molar-refractivity contribution is 0.179. The van der Waals surface area contributed by atoms with Gasteiger partial charge in [0.15, 0.2) is 0 Å². The Balaban J connectivity index is 1.38. The fourth-order valence-electron chi connectivity index (χ4n) is 4.29. The number of hydrogen-bond donors (Lipinski definition) is 2. The Morgan fingerprint density at radius 1 is 1.21 bits per heavy atom. The van der Waals surface area contributed by atoms with E-state index in [2.05, 4.69) is 20.3 Å². The standard InChI is InChI=1S/C22H22FN5O/c23-22-14(8-15-2-1-3-19(22)27-15)9-16-11-26-20(12-25-16)18-5-4-17(10-21(18)29)28-7-6-24-13-28/h4-7,9-13,15,19,22,27,29H,1-3,8H2/b14-9+/t15?,19?,22-/m1/s1. The number of piperidine rings is 2. The molecule has 2 aromatic heterocycles. The lowest BCUT2D eigenvalue weighted by Crippen LogP contribution is -2.52. The van der Waals surface area contributed by atoms with Crippen molar-refractivity contribution in [1.29, 1.82) is 0 Å². The van der Waals surface area contributed by atoms with Gasteiger partial charge in [-0.15, -0.1) is 0 Å². The topological polar surface area (TPSA) is 75.9 Å². The lowest BCUT2D eigenvalue weighted by atomic mass is 9.82. The Hall–Kier alpha value is -3.06. The van der Waals surface area contributed by atoms with Crippen molar-refractivity contribution in [3.63, 3.8) is 0 Å². The SMILES string of the molecule is Oc1cc(-n2ccnc2)ccc1-c1cnc(/C=C2\CC3CCCC(N3)[C@@H]2F)cn1. The molecule has 0 spiro atoms. The number of fused-ring (bicyclic) bond motifs is 2. The smallest absolute Gasteiger partial charge is 0.137 e. The van der Waals surface area contributed by atoms with Crippen LogP contribution in [0.4, 0.5) is 4.39 Å². The molecule has 2 aliphatic heterocycles. The van der Waals surface area contributed by atoms with Crippen LogP contribution >= 0.6 is 0 Å². The second kappa shape index (κ2) is 7.40.